The maximum Gasteiger partial charge on any atom is 0.205 e. The van der Waals surface area contributed by atoms with Crippen LogP contribution in [0.15, 0.2) is 84.3 Å². The predicted molar refractivity (Wildman–Crippen MR) is 102 cm³/mol. The molecule has 0 spiro atoms. The Balaban J connectivity index is 1.79. The van der Waals surface area contributed by atoms with E-state index in [9.17, 15) is 9.65 Å². The van der Waals surface area contributed by atoms with Crippen molar-refractivity contribution < 1.29 is 9.13 Å². The molecule has 4 nitrogen and oxygen atoms in total. The molecule has 3 N–H and O–H groups in total. The second kappa shape index (κ2) is 6.85. The van der Waals surface area contributed by atoms with Crippen molar-refractivity contribution in [1.82, 2.24) is 0 Å². The van der Waals surface area contributed by atoms with Crippen LogP contribution in [-0.4, -0.2) is 0 Å². The summed E-state index contributed by atoms with van der Waals surface area (Å²) in [4.78, 5) is 0. The summed E-state index contributed by atoms with van der Waals surface area (Å²) in [5.41, 5.74) is 9.01. The van der Waals surface area contributed by atoms with Crippen LogP contribution in [0.25, 0.3) is 0 Å². The number of halogens is 1. The monoisotopic (exact) mass is 357 g/mol. The first-order valence-corrected chi connectivity index (χ1v) is 8.45. The normalized spacial score (nSPS) is 15.5. The molecule has 132 valence electrons. The van der Waals surface area contributed by atoms with Gasteiger partial charge in [0.15, 0.2) is 0 Å². The lowest BCUT2D eigenvalue weighted by Gasteiger charge is -2.27. The fourth-order valence-electron chi connectivity index (χ4n) is 3.25. The van der Waals surface area contributed by atoms with Crippen molar-refractivity contribution in [2.75, 3.05) is 5.32 Å². The Morgan fingerprint density at radius 2 is 1.67 bits per heavy atom. The predicted octanol–water partition coefficient (Wildman–Crippen LogP) is 4.79. The third-order valence-electron chi connectivity index (χ3n) is 4.50. The minimum Gasteiger partial charge on any atom is -0.440 e. The molecule has 0 bridgehead atoms. The van der Waals surface area contributed by atoms with Crippen LogP contribution in [0.4, 0.5) is 15.8 Å². The van der Waals surface area contributed by atoms with E-state index in [1.54, 1.807) is 24.3 Å². The van der Waals surface area contributed by atoms with Crippen LogP contribution in [0.2, 0.25) is 0 Å². The molecule has 0 unspecified atom stereocenters. The van der Waals surface area contributed by atoms with Gasteiger partial charge in [-0.05, 0) is 24.3 Å². The van der Waals surface area contributed by atoms with Gasteiger partial charge in [-0.2, -0.15) is 5.26 Å². The number of nitrogens with one attached hydrogen (secondary N) is 1. The minimum absolute atomic E-state index is 0.00452. The van der Waals surface area contributed by atoms with Gasteiger partial charge in [0.25, 0.3) is 0 Å². The highest BCUT2D eigenvalue weighted by molar-refractivity contribution is 5.65. The molecule has 1 heterocycles. The van der Waals surface area contributed by atoms with Crippen LogP contribution in [0, 0.1) is 17.1 Å². The summed E-state index contributed by atoms with van der Waals surface area (Å²) in [5, 5.41) is 12.8. The minimum atomic E-state index is -0.606. The summed E-state index contributed by atoms with van der Waals surface area (Å²) >= 11 is 0. The number of anilines is 2. The van der Waals surface area contributed by atoms with Crippen LogP contribution in [0.1, 0.15) is 17.0 Å². The summed E-state index contributed by atoms with van der Waals surface area (Å²) in [6.45, 7) is 0. The number of hydrogen-bond donors (Lipinski definition) is 2. The van der Waals surface area contributed by atoms with Crippen molar-refractivity contribution in [2.45, 2.75) is 5.92 Å². The third-order valence-corrected chi connectivity index (χ3v) is 4.50. The maximum atomic E-state index is 14.4. The van der Waals surface area contributed by atoms with E-state index in [-0.39, 0.29) is 17.3 Å². The van der Waals surface area contributed by atoms with Crippen molar-refractivity contribution in [3.8, 4) is 11.8 Å². The number of allylic oxidation sites excluding steroid dienone is 1. The molecule has 3 aromatic carbocycles. The van der Waals surface area contributed by atoms with Crippen molar-refractivity contribution in [2.24, 2.45) is 5.73 Å². The Kier molecular flexibility index (Phi) is 4.23. The molecule has 0 saturated heterocycles. The number of ether oxygens (including phenoxy) is 1. The number of nitrogens with zero attached hydrogens (tertiary/aromatic N) is 1. The number of nitriles is 1. The molecule has 1 aliphatic heterocycles. The van der Waals surface area contributed by atoms with Gasteiger partial charge >= 0.3 is 0 Å². The first kappa shape index (κ1) is 16.7. The average molecular weight is 357 g/mol. The summed E-state index contributed by atoms with van der Waals surface area (Å²) < 4.78 is 20.1. The largest absolute Gasteiger partial charge is 0.440 e. The van der Waals surface area contributed by atoms with Crippen molar-refractivity contribution in [1.29, 1.82) is 5.26 Å². The molecule has 0 radical (unpaired) electrons. The summed E-state index contributed by atoms with van der Waals surface area (Å²) in [6, 6.07) is 23.7. The maximum absolute atomic E-state index is 14.4. The highest BCUT2D eigenvalue weighted by atomic mass is 19.1. The first-order valence-electron chi connectivity index (χ1n) is 8.45. The van der Waals surface area contributed by atoms with Gasteiger partial charge in [-0.25, -0.2) is 4.39 Å². The molecule has 27 heavy (non-hydrogen) atoms. The van der Waals surface area contributed by atoms with Gasteiger partial charge in [0.1, 0.15) is 23.2 Å². The second-order valence-corrected chi connectivity index (χ2v) is 6.19. The molecule has 4 rings (SSSR count). The molecule has 3 aromatic rings. The molecule has 0 fully saturated rings. The Hall–Kier alpha value is -3.78. The number of benzene rings is 3. The SMILES string of the molecule is N#CC1=C(N)Oc2cc(Nc3ccccc3)ccc2[C@H]1c1ccccc1F. The van der Waals surface area contributed by atoms with E-state index in [0.717, 1.165) is 11.4 Å². The standard InChI is InChI=1S/C22H16FN3O/c23-19-9-5-4-8-16(19)21-17-11-10-15(26-14-6-2-1-3-7-14)12-20(17)27-22(25)18(21)13-24/h1-12,21,26H,25H2/t21-/m1/s1. The van der Waals surface area contributed by atoms with Crippen LogP contribution < -0.4 is 15.8 Å². The fourth-order valence-corrected chi connectivity index (χ4v) is 3.25. The lowest BCUT2D eigenvalue weighted by molar-refractivity contribution is 0.392. The second-order valence-electron chi connectivity index (χ2n) is 6.19. The summed E-state index contributed by atoms with van der Waals surface area (Å²) in [6.07, 6.45) is 0. The molecular weight excluding hydrogens is 341 g/mol. The van der Waals surface area contributed by atoms with Crippen LogP contribution in [0.5, 0.6) is 5.75 Å². The lowest BCUT2D eigenvalue weighted by atomic mass is 9.83. The molecule has 0 saturated carbocycles. The fraction of sp³-hybridized carbons (Fsp3) is 0.0455. The molecule has 1 aliphatic rings. The van der Waals surface area contributed by atoms with E-state index >= 15 is 0 Å². The van der Waals surface area contributed by atoms with E-state index in [1.165, 1.54) is 6.07 Å². The molecular formula is C22H16FN3O. The molecule has 0 aliphatic carbocycles. The van der Waals surface area contributed by atoms with Crippen molar-refractivity contribution in [3.05, 3.63) is 101 Å². The number of rotatable bonds is 3. The van der Waals surface area contributed by atoms with E-state index in [2.05, 4.69) is 11.4 Å². The lowest BCUT2D eigenvalue weighted by Crippen LogP contribution is -2.21. The van der Waals surface area contributed by atoms with E-state index in [1.807, 2.05) is 42.5 Å². The zero-order chi connectivity index (χ0) is 18.8. The van der Waals surface area contributed by atoms with Crippen LogP contribution >= 0.6 is 0 Å². The zero-order valence-electron chi connectivity index (χ0n) is 14.3. The Labute approximate surface area is 156 Å². The van der Waals surface area contributed by atoms with Gasteiger partial charge in [-0.1, -0.05) is 42.5 Å². The Morgan fingerprint density at radius 3 is 2.41 bits per heavy atom. The molecule has 5 heteroatoms. The summed E-state index contributed by atoms with van der Waals surface area (Å²) in [5.74, 6) is -0.496. The van der Waals surface area contributed by atoms with Gasteiger partial charge in [0, 0.05) is 28.6 Å². The van der Waals surface area contributed by atoms with Crippen molar-refractivity contribution in [3.63, 3.8) is 0 Å². The van der Waals surface area contributed by atoms with Gasteiger partial charge in [-0.15, -0.1) is 0 Å². The topological polar surface area (TPSA) is 71.1 Å². The molecule has 1 atom stereocenters. The van der Waals surface area contributed by atoms with Gasteiger partial charge in [-0.3, -0.25) is 0 Å². The molecule has 0 aromatic heterocycles. The average Bonchev–Trinajstić information content (AvgIpc) is 2.68. The number of hydrogen-bond acceptors (Lipinski definition) is 4. The highest BCUT2D eigenvalue weighted by Gasteiger charge is 2.32. The van der Waals surface area contributed by atoms with Gasteiger partial charge in [0.2, 0.25) is 5.88 Å². The molecule has 0 amide bonds. The number of para-hydroxylation sites is 1. The van der Waals surface area contributed by atoms with E-state index in [0.29, 0.717) is 16.9 Å². The van der Waals surface area contributed by atoms with E-state index in [4.69, 9.17) is 10.5 Å². The third kappa shape index (κ3) is 3.09. The van der Waals surface area contributed by atoms with E-state index < -0.39 is 5.92 Å². The van der Waals surface area contributed by atoms with Gasteiger partial charge < -0.3 is 15.8 Å². The number of fused-ring (bicyclic) bond motifs is 1. The number of nitrogens with two attached hydrogens (primary N) is 1. The zero-order valence-corrected chi connectivity index (χ0v) is 14.3. The first-order chi connectivity index (χ1) is 13.2. The van der Waals surface area contributed by atoms with Crippen molar-refractivity contribution >= 4 is 11.4 Å². The summed E-state index contributed by atoms with van der Waals surface area (Å²) in [7, 11) is 0. The highest BCUT2D eigenvalue weighted by Crippen LogP contribution is 2.43. The van der Waals surface area contributed by atoms with Crippen LogP contribution in [0.3, 0.4) is 0 Å². The smallest absolute Gasteiger partial charge is 0.205 e. The Morgan fingerprint density at radius 1 is 0.926 bits per heavy atom. The Bertz CT molecular complexity index is 1070. The quantitative estimate of drug-likeness (QED) is 0.707. The van der Waals surface area contributed by atoms with Gasteiger partial charge in [0.05, 0.1) is 5.92 Å². The van der Waals surface area contributed by atoms with Crippen LogP contribution in [-0.2, 0) is 0 Å².